The minimum Gasteiger partial charge on any atom is -0.469 e. The highest BCUT2D eigenvalue weighted by Gasteiger charge is 2.65. The van der Waals surface area contributed by atoms with Gasteiger partial charge in [0.05, 0.1) is 13.0 Å². The summed E-state index contributed by atoms with van der Waals surface area (Å²) in [6, 6.07) is 9.87. The maximum atomic E-state index is 11.8. The molecule has 18 heavy (non-hydrogen) atoms. The van der Waals surface area contributed by atoms with Crippen molar-refractivity contribution in [3.05, 3.63) is 46.5 Å². The van der Waals surface area contributed by atoms with Gasteiger partial charge >= 0.3 is 5.97 Å². The SMILES string of the molecule is COC(=O)C1C(C=C(Cl)Cl)C1(C)c1ccccc1. The van der Waals surface area contributed by atoms with Gasteiger partial charge in [-0.05, 0) is 11.6 Å². The Labute approximate surface area is 117 Å². The summed E-state index contributed by atoms with van der Waals surface area (Å²) in [5, 5.41) is 0. The average molecular weight is 285 g/mol. The van der Waals surface area contributed by atoms with Gasteiger partial charge in [-0.25, -0.2) is 0 Å². The predicted octanol–water partition coefficient (Wildman–Crippen LogP) is 3.68. The second-order valence-electron chi connectivity index (χ2n) is 4.63. The first-order valence-corrected chi connectivity index (χ1v) is 6.43. The van der Waals surface area contributed by atoms with Crippen LogP contribution in [0.4, 0.5) is 0 Å². The molecule has 0 heterocycles. The maximum absolute atomic E-state index is 11.8. The smallest absolute Gasteiger partial charge is 0.310 e. The van der Waals surface area contributed by atoms with Crippen molar-refractivity contribution in [2.24, 2.45) is 11.8 Å². The van der Waals surface area contributed by atoms with E-state index >= 15 is 0 Å². The third-order valence-electron chi connectivity index (χ3n) is 3.74. The van der Waals surface area contributed by atoms with E-state index in [1.165, 1.54) is 7.11 Å². The molecule has 1 aromatic rings. The molecule has 3 unspecified atom stereocenters. The highest BCUT2D eigenvalue weighted by atomic mass is 35.5. The zero-order valence-corrected chi connectivity index (χ0v) is 11.7. The third-order valence-corrected chi connectivity index (χ3v) is 4.00. The molecule has 0 saturated heterocycles. The van der Waals surface area contributed by atoms with Crippen molar-refractivity contribution in [3.8, 4) is 0 Å². The monoisotopic (exact) mass is 284 g/mol. The number of halogens is 2. The fraction of sp³-hybridized carbons (Fsp3) is 0.357. The molecule has 2 nitrogen and oxygen atoms in total. The topological polar surface area (TPSA) is 26.3 Å². The molecule has 96 valence electrons. The van der Waals surface area contributed by atoms with Crippen LogP contribution in [0.2, 0.25) is 0 Å². The summed E-state index contributed by atoms with van der Waals surface area (Å²) < 4.78 is 5.04. The van der Waals surface area contributed by atoms with Gasteiger partial charge in [0.1, 0.15) is 4.49 Å². The Morgan fingerprint density at radius 1 is 1.33 bits per heavy atom. The highest BCUT2D eigenvalue weighted by molar-refractivity contribution is 6.55. The van der Waals surface area contributed by atoms with Gasteiger partial charge in [0, 0.05) is 11.3 Å². The van der Waals surface area contributed by atoms with E-state index < -0.39 is 0 Å². The molecule has 0 aliphatic heterocycles. The van der Waals surface area contributed by atoms with Gasteiger partial charge < -0.3 is 4.74 Å². The quantitative estimate of drug-likeness (QED) is 0.792. The van der Waals surface area contributed by atoms with E-state index in [0.29, 0.717) is 0 Å². The largest absolute Gasteiger partial charge is 0.469 e. The Hall–Kier alpha value is -0.990. The van der Waals surface area contributed by atoms with Crippen LogP contribution in [0.25, 0.3) is 0 Å². The van der Waals surface area contributed by atoms with Crippen molar-refractivity contribution in [2.75, 3.05) is 7.11 Å². The van der Waals surface area contributed by atoms with Crippen molar-refractivity contribution in [2.45, 2.75) is 12.3 Å². The van der Waals surface area contributed by atoms with E-state index in [2.05, 4.69) is 0 Å². The average Bonchev–Trinajstić information content (AvgIpc) is 2.95. The van der Waals surface area contributed by atoms with Crippen LogP contribution in [-0.2, 0) is 14.9 Å². The number of methoxy groups -OCH3 is 1. The van der Waals surface area contributed by atoms with Crippen molar-refractivity contribution < 1.29 is 9.53 Å². The van der Waals surface area contributed by atoms with Gasteiger partial charge in [0.2, 0.25) is 0 Å². The van der Waals surface area contributed by atoms with Gasteiger partial charge in [0.25, 0.3) is 0 Å². The molecule has 0 bridgehead atoms. The van der Waals surface area contributed by atoms with Gasteiger partial charge in [-0.2, -0.15) is 0 Å². The number of hydrogen-bond acceptors (Lipinski definition) is 2. The van der Waals surface area contributed by atoms with Crippen LogP contribution in [0.15, 0.2) is 40.9 Å². The molecule has 1 aliphatic carbocycles. The number of ether oxygens (including phenoxy) is 1. The number of carbonyl (C=O) groups is 1. The number of carbonyl (C=O) groups excluding carboxylic acids is 1. The Bertz CT molecular complexity index is 480. The molecular weight excluding hydrogens is 271 g/mol. The third kappa shape index (κ3) is 2.15. The van der Waals surface area contributed by atoms with Crippen LogP contribution in [0.5, 0.6) is 0 Å². The van der Waals surface area contributed by atoms with Gasteiger partial charge in [-0.1, -0.05) is 60.5 Å². The van der Waals surface area contributed by atoms with Crippen LogP contribution in [0.1, 0.15) is 12.5 Å². The lowest BCUT2D eigenvalue weighted by Crippen LogP contribution is -2.12. The van der Waals surface area contributed by atoms with Crippen molar-refractivity contribution in [1.82, 2.24) is 0 Å². The van der Waals surface area contributed by atoms with Crippen LogP contribution < -0.4 is 0 Å². The Kier molecular flexibility index (Phi) is 3.69. The van der Waals surface area contributed by atoms with E-state index in [-0.39, 0.29) is 27.7 Å². The van der Waals surface area contributed by atoms with Crippen LogP contribution >= 0.6 is 23.2 Å². The van der Waals surface area contributed by atoms with Crippen molar-refractivity contribution in [1.29, 1.82) is 0 Å². The first-order chi connectivity index (χ1) is 8.51. The highest BCUT2D eigenvalue weighted by Crippen LogP contribution is 2.61. The summed E-state index contributed by atoms with van der Waals surface area (Å²) in [5.74, 6) is -0.466. The second kappa shape index (κ2) is 4.94. The van der Waals surface area contributed by atoms with E-state index in [0.717, 1.165) is 5.56 Å². The van der Waals surface area contributed by atoms with Crippen molar-refractivity contribution >= 4 is 29.2 Å². The zero-order chi connectivity index (χ0) is 13.3. The van der Waals surface area contributed by atoms with Gasteiger partial charge in [-0.3, -0.25) is 4.79 Å². The number of benzene rings is 1. The Balaban J connectivity index is 2.36. The number of allylic oxidation sites excluding steroid dienone is 1. The summed E-state index contributed by atoms with van der Waals surface area (Å²) in [6.45, 7) is 2.03. The fourth-order valence-corrected chi connectivity index (χ4v) is 2.91. The number of hydrogen-bond donors (Lipinski definition) is 0. The lowest BCUT2D eigenvalue weighted by atomic mass is 9.94. The van der Waals surface area contributed by atoms with Crippen LogP contribution in [-0.4, -0.2) is 13.1 Å². The molecular formula is C14H14Cl2O2. The molecule has 0 spiro atoms. The molecule has 0 radical (unpaired) electrons. The van der Waals surface area contributed by atoms with E-state index in [1.807, 2.05) is 37.3 Å². The molecule has 2 rings (SSSR count). The summed E-state index contributed by atoms with van der Waals surface area (Å²) in [6.07, 6.45) is 1.72. The van der Waals surface area contributed by atoms with E-state index in [4.69, 9.17) is 27.9 Å². The standard InChI is InChI=1S/C14H14Cl2O2/c1-14(9-6-4-3-5-7-9)10(8-11(15)16)12(14)13(17)18-2/h3-8,10,12H,1-2H3. The van der Waals surface area contributed by atoms with E-state index in [1.54, 1.807) is 6.08 Å². The predicted molar refractivity (Wildman–Crippen MR) is 72.6 cm³/mol. The number of esters is 1. The minimum atomic E-state index is -0.288. The summed E-state index contributed by atoms with van der Waals surface area (Å²) >= 11 is 11.4. The lowest BCUT2D eigenvalue weighted by molar-refractivity contribution is -0.142. The van der Waals surface area contributed by atoms with Gasteiger partial charge in [0.15, 0.2) is 0 Å². The van der Waals surface area contributed by atoms with Crippen molar-refractivity contribution in [3.63, 3.8) is 0 Å². The Morgan fingerprint density at radius 2 is 1.94 bits per heavy atom. The Morgan fingerprint density at radius 3 is 2.44 bits per heavy atom. The molecule has 1 saturated carbocycles. The van der Waals surface area contributed by atoms with Crippen LogP contribution in [0, 0.1) is 11.8 Å². The fourth-order valence-electron chi connectivity index (χ4n) is 2.64. The molecule has 3 atom stereocenters. The molecule has 4 heteroatoms. The summed E-state index contributed by atoms with van der Waals surface area (Å²) in [7, 11) is 1.40. The second-order valence-corrected chi connectivity index (χ2v) is 5.64. The minimum absolute atomic E-state index is 0.0163. The van der Waals surface area contributed by atoms with Crippen LogP contribution in [0.3, 0.4) is 0 Å². The number of rotatable bonds is 3. The normalized spacial score (nSPS) is 29.6. The molecule has 1 aliphatic rings. The lowest BCUT2D eigenvalue weighted by Gasteiger charge is -2.11. The molecule has 0 N–H and O–H groups in total. The first-order valence-electron chi connectivity index (χ1n) is 5.68. The molecule has 1 aromatic carbocycles. The summed E-state index contributed by atoms with van der Waals surface area (Å²) in [4.78, 5) is 11.8. The molecule has 0 aromatic heterocycles. The summed E-state index contributed by atoms with van der Waals surface area (Å²) in [5.41, 5.74) is 0.805. The van der Waals surface area contributed by atoms with Gasteiger partial charge in [-0.15, -0.1) is 0 Å². The van der Waals surface area contributed by atoms with E-state index in [9.17, 15) is 4.79 Å². The molecule has 1 fully saturated rings. The first kappa shape index (κ1) is 13.4. The molecule has 0 amide bonds. The maximum Gasteiger partial charge on any atom is 0.310 e. The zero-order valence-electron chi connectivity index (χ0n) is 10.2.